The van der Waals surface area contributed by atoms with Crippen LogP contribution in [0.4, 0.5) is 0 Å². The molecule has 0 aliphatic heterocycles. The minimum atomic E-state index is -0.0640. The van der Waals surface area contributed by atoms with Crippen LogP contribution in [0.15, 0.2) is 24.4 Å². The summed E-state index contributed by atoms with van der Waals surface area (Å²) in [6, 6.07) is 5.72. The van der Waals surface area contributed by atoms with Gasteiger partial charge in [0.1, 0.15) is 0 Å². The van der Waals surface area contributed by atoms with Gasteiger partial charge in [-0.05, 0) is 31.4 Å². The summed E-state index contributed by atoms with van der Waals surface area (Å²) in [5.41, 5.74) is 2.00. The van der Waals surface area contributed by atoms with E-state index < -0.39 is 0 Å². The first-order chi connectivity index (χ1) is 8.43. The van der Waals surface area contributed by atoms with Crippen LogP contribution in [-0.2, 0) is 0 Å². The minimum Gasteiger partial charge on any atom is -0.504 e. The third kappa shape index (κ3) is 1.90. The van der Waals surface area contributed by atoms with E-state index in [4.69, 9.17) is 0 Å². The van der Waals surface area contributed by atoms with Crippen molar-refractivity contribution in [1.29, 1.82) is 0 Å². The zero-order chi connectivity index (χ0) is 13.4. The molecule has 2 aromatic rings. The van der Waals surface area contributed by atoms with Crippen molar-refractivity contribution in [1.82, 2.24) is 0 Å². The lowest BCUT2D eigenvalue weighted by Gasteiger charge is -2.13. The van der Waals surface area contributed by atoms with Crippen molar-refractivity contribution in [2.45, 2.75) is 39.7 Å². The summed E-state index contributed by atoms with van der Waals surface area (Å²) in [6.45, 7) is 8.35. The van der Waals surface area contributed by atoms with E-state index in [0.717, 1.165) is 16.5 Å². The molecule has 0 unspecified atom stereocenters. The lowest BCUT2D eigenvalue weighted by atomic mass is 9.97. The Bertz CT molecular complexity index is 589. The number of benzene rings is 1. The van der Waals surface area contributed by atoms with Crippen LogP contribution < -0.4 is 4.57 Å². The van der Waals surface area contributed by atoms with Gasteiger partial charge in [0.05, 0.1) is 5.39 Å². The van der Waals surface area contributed by atoms with Gasteiger partial charge in [-0.2, -0.15) is 4.57 Å². The fourth-order valence-corrected chi connectivity index (χ4v) is 2.32. The Morgan fingerprint density at radius 3 is 2.22 bits per heavy atom. The van der Waals surface area contributed by atoms with Crippen LogP contribution in [-0.4, -0.2) is 10.2 Å². The van der Waals surface area contributed by atoms with Gasteiger partial charge in [0.15, 0.2) is 23.7 Å². The molecule has 0 aliphatic carbocycles. The Morgan fingerprint density at radius 1 is 1.00 bits per heavy atom. The van der Waals surface area contributed by atoms with Crippen molar-refractivity contribution in [2.24, 2.45) is 0 Å². The predicted molar refractivity (Wildman–Crippen MR) is 71.9 cm³/mol. The van der Waals surface area contributed by atoms with E-state index in [2.05, 4.69) is 32.3 Å². The Morgan fingerprint density at radius 2 is 1.67 bits per heavy atom. The molecule has 1 aromatic carbocycles. The second-order valence-corrected chi connectivity index (χ2v) is 5.25. The molecular formula is C15H20NO2+. The lowest BCUT2D eigenvalue weighted by Crippen LogP contribution is -2.36. The van der Waals surface area contributed by atoms with Crippen molar-refractivity contribution in [3.63, 3.8) is 0 Å². The van der Waals surface area contributed by atoms with E-state index in [9.17, 15) is 10.2 Å². The Hall–Kier alpha value is -1.77. The largest absolute Gasteiger partial charge is 0.504 e. The number of phenolic OH excluding ortho intramolecular Hbond substituents is 2. The standard InChI is InChI=1S/C15H19NO2/c1-9(2)11-7-8-16(10(3)4)12-5-6-13(17)15(18)14(11)12/h5-10,17H,1-4H3/p+1. The molecule has 3 nitrogen and oxygen atoms in total. The summed E-state index contributed by atoms with van der Waals surface area (Å²) in [7, 11) is 0. The average Bonchev–Trinajstić information content (AvgIpc) is 2.32. The molecule has 2 N–H and O–H groups in total. The number of nitrogens with zero attached hydrogens (tertiary/aromatic N) is 1. The maximum absolute atomic E-state index is 10.1. The quantitative estimate of drug-likeness (QED) is 0.631. The number of aromatic hydroxyl groups is 2. The van der Waals surface area contributed by atoms with Crippen molar-refractivity contribution in [3.8, 4) is 11.5 Å². The molecule has 3 heteroatoms. The van der Waals surface area contributed by atoms with E-state index in [-0.39, 0.29) is 11.5 Å². The topological polar surface area (TPSA) is 44.3 Å². The fourth-order valence-electron chi connectivity index (χ4n) is 2.32. The molecular weight excluding hydrogens is 226 g/mol. The molecule has 1 aromatic heterocycles. The summed E-state index contributed by atoms with van der Waals surface area (Å²) in [6.07, 6.45) is 2.04. The van der Waals surface area contributed by atoms with Crippen LogP contribution in [0, 0.1) is 0 Å². The van der Waals surface area contributed by atoms with E-state index in [0.29, 0.717) is 12.0 Å². The first-order valence-electron chi connectivity index (χ1n) is 6.32. The third-order valence-corrected chi connectivity index (χ3v) is 3.29. The maximum atomic E-state index is 10.1. The molecule has 2 rings (SSSR count). The number of fused-ring (bicyclic) bond motifs is 1. The van der Waals surface area contributed by atoms with Crippen LogP contribution in [0.25, 0.3) is 10.9 Å². The normalized spacial score (nSPS) is 11.7. The van der Waals surface area contributed by atoms with Crippen molar-refractivity contribution in [3.05, 3.63) is 30.0 Å². The second-order valence-electron chi connectivity index (χ2n) is 5.25. The number of hydrogen-bond acceptors (Lipinski definition) is 2. The maximum Gasteiger partial charge on any atom is 0.217 e. The van der Waals surface area contributed by atoms with Gasteiger partial charge in [-0.15, -0.1) is 0 Å². The summed E-state index contributed by atoms with van der Waals surface area (Å²) in [5, 5.41) is 20.6. The Labute approximate surface area is 107 Å². The van der Waals surface area contributed by atoms with E-state index in [1.54, 1.807) is 6.07 Å². The van der Waals surface area contributed by atoms with E-state index >= 15 is 0 Å². The van der Waals surface area contributed by atoms with Crippen molar-refractivity contribution < 1.29 is 14.8 Å². The molecule has 0 saturated carbocycles. The first-order valence-corrected chi connectivity index (χ1v) is 6.32. The van der Waals surface area contributed by atoms with Crippen LogP contribution in [0.1, 0.15) is 45.2 Å². The van der Waals surface area contributed by atoms with E-state index in [1.165, 1.54) is 0 Å². The Balaban J connectivity index is 2.91. The molecule has 96 valence electrons. The van der Waals surface area contributed by atoms with Gasteiger partial charge in [0, 0.05) is 12.1 Å². The van der Waals surface area contributed by atoms with Crippen molar-refractivity contribution >= 4 is 10.9 Å². The second kappa shape index (κ2) is 4.48. The van der Waals surface area contributed by atoms with Crippen LogP contribution in [0.5, 0.6) is 11.5 Å². The van der Waals surface area contributed by atoms with Gasteiger partial charge < -0.3 is 10.2 Å². The van der Waals surface area contributed by atoms with Crippen LogP contribution in [0.2, 0.25) is 0 Å². The Kier molecular flexibility index (Phi) is 3.16. The summed E-state index contributed by atoms with van der Waals surface area (Å²) < 4.78 is 2.10. The van der Waals surface area contributed by atoms with Gasteiger partial charge >= 0.3 is 0 Å². The van der Waals surface area contributed by atoms with Gasteiger partial charge in [-0.1, -0.05) is 13.8 Å². The molecule has 0 bridgehead atoms. The zero-order valence-corrected chi connectivity index (χ0v) is 11.3. The fraction of sp³-hybridized carbons (Fsp3) is 0.400. The highest BCUT2D eigenvalue weighted by Crippen LogP contribution is 2.37. The molecule has 0 atom stereocenters. The third-order valence-electron chi connectivity index (χ3n) is 3.29. The monoisotopic (exact) mass is 246 g/mol. The molecule has 0 aliphatic rings. The smallest absolute Gasteiger partial charge is 0.217 e. The van der Waals surface area contributed by atoms with Crippen molar-refractivity contribution in [2.75, 3.05) is 0 Å². The van der Waals surface area contributed by atoms with Gasteiger partial charge in [0.2, 0.25) is 5.52 Å². The number of hydrogen-bond donors (Lipinski definition) is 2. The van der Waals surface area contributed by atoms with Gasteiger partial charge in [-0.25, -0.2) is 0 Å². The molecule has 0 fully saturated rings. The predicted octanol–water partition coefficient (Wildman–Crippen LogP) is 3.24. The minimum absolute atomic E-state index is 0.0220. The average molecular weight is 246 g/mol. The SMILES string of the molecule is CC(C)c1cc[n+](C(C)C)c2ccc(O)c(O)c12. The highest BCUT2D eigenvalue weighted by molar-refractivity contribution is 5.88. The highest BCUT2D eigenvalue weighted by atomic mass is 16.3. The molecule has 18 heavy (non-hydrogen) atoms. The zero-order valence-electron chi connectivity index (χ0n) is 11.3. The molecule has 0 spiro atoms. The summed E-state index contributed by atoms with van der Waals surface area (Å²) in [4.78, 5) is 0. The van der Waals surface area contributed by atoms with Gasteiger partial charge in [0.25, 0.3) is 0 Å². The summed E-state index contributed by atoms with van der Waals surface area (Å²) in [5.74, 6) is 0.208. The number of aromatic nitrogens is 1. The van der Waals surface area contributed by atoms with Crippen LogP contribution in [0.3, 0.4) is 0 Å². The van der Waals surface area contributed by atoms with E-state index in [1.807, 2.05) is 18.3 Å². The highest BCUT2D eigenvalue weighted by Gasteiger charge is 2.21. The number of rotatable bonds is 2. The summed E-state index contributed by atoms with van der Waals surface area (Å²) >= 11 is 0. The molecule has 1 heterocycles. The van der Waals surface area contributed by atoms with Gasteiger partial charge in [-0.3, -0.25) is 0 Å². The molecule has 0 saturated heterocycles. The number of phenols is 2. The molecule has 0 amide bonds. The first kappa shape index (κ1) is 12.7. The molecule has 0 radical (unpaired) electrons. The lowest BCUT2D eigenvalue weighted by molar-refractivity contribution is -0.691. The van der Waals surface area contributed by atoms with Crippen LogP contribution >= 0.6 is 0 Å². The number of pyridine rings is 1.